The van der Waals surface area contributed by atoms with Crippen LogP contribution in [0.15, 0.2) is 18.2 Å². The lowest BCUT2D eigenvalue weighted by atomic mass is 9.85. The van der Waals surface area contributed by atoms with Crippen LogP contribution in [0.3, 0.4) is 0 Å². The van der Waals surface area contributed by atoms with E-state index in [1.54, 1.807) is 14.2 Å². The zero-order valence-electron chi connectivity index (χ0n) is 15.0. The number of piperazine rings is 1. The van der Waals surface area contributed by atoms with Gasteiger partial charge in [-0.3, -0.25) is 4.90 Å². The van der Waals surface area contributed by atoms with E-state index < -0.39 is 0 Å². The van der Waals surface area contributed by atoms with Gasteiger partial charge in [-0.1, -0.05) is 12.1 Å². The molecule has 1 aromatic rings. The highest BCUT2D eigenvalue weighted by molar-refractivity contribution is 5.85. The minimum absolute atomic E-state index is 0. The first-order chi connectivity index (χ1) is 11.3. The zero-order valence-corrected chi connectivity index (χ0v) is 16.7. The van der Waals surface area contributed by atoms with Gasteiger partial charge in [-0.25, -0.2) is 0 Å². The van der Waals surface area contributed by atoms with Crippen LogP contribution in [0.4, 0.5) is 0 Å². The quantitative estimate of drug-likeness (QED) is 0.834. The molecular weight excluding hydrogens is 363 g/mol. The third-order valence-electron chi connectivity index (χ3n) is 5.01. The highest BCUT2D eigenvalue weighted by Crippen LogP contribution is 2.42. The molecule has 1 atom stereocenters. The number of hydrogen-bond donors (Lipinski definition) is 1. The maximum absolute atomic E-state index is 5.73. The van der Waals surface area contributed by atoms with Crippen molar-refractivity contribution in [1.29, 1.82) is 0 Å². The molecule has 2 aliphatic rings. The monoisotopic (exact) mass is 392 g/mol. The van der Waals surface area contributed by atoms with Gasteiger partial charge in [0.15, 0.2) is 11.5 Å². The van der Waals surface area contributed by atoms with E-state index in [0.717, 1.165) is 63.7 Å². The van der Waals surface area contributed by atoms with E-state index >= 15 is 0 Å². The fraction of sp³-hybridized carbons (Fsp3) is 0.667. The predicted octanol–water partition coefficient (Wildman–Crippen LogP) is 2.92. The molecule has 0 saturated carbocycles. The molecule has 5 nitrogen and oxygen atoms in total. The highest BCUT2D eigenvalue weighted by atomic mass is 35.5. The van der Waals surface area contributed by atoms with Gasteiger partial charge in [0.2, 0.25) is 0 Å². The number of rotatable bonds is 5. The van der Waals surface area contributed by atoms with Gasteiger partial charge in [0.1, 0.15) is 0 Å². The normalized spacial score (nSPS) is 20.1. The van der Waals surface area contributed by atoms with Crippen molar-refractivity contribution in [3.05, 3.63) is 23.8 Å². The summed E-state index contributed by atoms with van der Waals surface area (Å²) in [5, 5.41) is 3.45. The molecule has 2 saturated heterocycles. The second-order valence-electron chi connectivity index (χ2n) is 6.26. The highest BCUT2D eigenvalue weighted by Gasteiger charge is 2.33. The van der Waals surface area contributed by atoms with Crippen LogP contribution in [0, 0.1) is 5.92 Å². The molecule has 144 valence electrons. The molecule has 2 heterocycles. The van der Waals surface area contributed by atoms with E-state index in [4.69, 9.17) is 14.2 Å². The third-order valence-corrected chi connectivity index (χ3v) is 5.01. The zero-order chi connectivity index (χ0) is 16.1. The topological polar surface area (TPSA) is 43.0 Å². The summed E-state index contributed by atoms with van der Waals surface area (Å²) < 4.78 is 16.8. The molecule has 3 rings (SSSR count). The Labute approximate surface area is 163 Å². The standard InChI is InChI=1S/C18H28N2O3.2ClH/c1-21-16-5-3-4-15(18(16)22-2)17(14-6-12-23-13-7-14)20-10-8-19-9-11-20;;/h3-5,14,17,19H,6-13H2,1-2H3;2*1H/t17-;;/m0../s1. The number of nitrogens with one attached hydrogen (secondary N) is 1. The van der Waals surface area contributed by atoms with E-state index in [1.807, 2.05) is 6.07 Å². The fourth-order valence-corrected chi connectivity index (χ4v) is 3.89. The third kappa shape index (κ3) is 5.14. The van der Waals surface area contributed by atoms with Crippen LogP contribution in [-0.2, 0) is 4.74 Å². The summed E-state index contributed by atoms with van der Waals surface area (Å²) in [5.41, 5.74) is 1.25. The van der Waals surface area contributed by atoms with Gasteiger partial charge < -0.3 is 19.5 Å². The summed E-state index contributed by atoms with van der Waals surface area (Å²) in [4.78, 5) is 2.60. The Kier molecular flexibility index (Phi) is 9.90. The SMILES string of the molecule is COc1cccc([C@H](C2CCOCC2)N2CCNCC2)c1OC.Cl.Cl. The second kappa shape index (κ2) is 11.1. The molecule has 1 aromatic carbocycles. The van der Waals surface area contributed by atoms with Crippen molar-refractivity contribution in [2.75, 3.05) is 53.6 Å². The molecule has 25 heavy (non-hydrogen) atoms. The molecule has 0 bridgehead atoms. The Bertz CT molecular complexity index is 489. The average Bonchev–Trinajstić information content (AvgIpc) is 2.63. The van der Waals surface area contributed by atoms with Gasteiger partial charge >= 0.3 is 0 Å². The van der Waals surface area contributed by atoms with Gasteiger partial charge in [0, 0.05) is 51.0 Å². The maximum Gasteiger partial charge on any atom is 0.165 e. The Morgan fingerprint density at radius 3 is 2.36 bits per heavy atom. The van der Waals surface area contributed by atoms with Gasteiger partial charge in [0.05, 0.1) is 14.2 Å². The first kappa shape index (κ1) is 22.3. The lowest BCUT2D eigenvalue weighted by Crippen LogP contribution is -2.47. The van der Waals surface area contributed by atoms with Crippen molar-refractivity contribution in [2.24, 2.45) is 5.92 Å². The molecule has 1 N–H and O–H groups in total. The average molecular weight is 393 g/mol. The van der Waals surface area contributed by atoms with Crippen LogP contribution in [0.5, 0.6) is 11.5 Å². The number of ether oxygens (including phenoxy) is 3. The van der Waals surface area contributed by atoms with Crippen molar-refractivity contribution in [3.8, 4) is 11.5 Å². The number of benzene rings is 1. The molecule has 7 heteroatoms. The summed E-state index contributed by atoms with van der Waals surface area (Å²) in [6.07, 6.45) is 2.21. The first-order valence-corrected chi connectivity index (χ1v) is 8.58. The van der Waals surface area contributed by atoms with Crippen molar-refractivity contribution in [2.45, 2.75) is 18.9 Å². The van der Waals surface area contributed by atoms with Gasteiger partial charge in [-0.05, 0) is 24.8 Å². The minimum atomic E-state index is 0. The molecule has 2 aliphatic heterocycles. The van der Waals surface area contributed by atoms with Gasteiger partial charge in [-0.2, -0.15) is 0 Å². The summed E-state index contributed by atoms with van der Waals surface area (Å²) >= 11 is 0. The van der Waals surface area contributed by atoms with Crippen LogP contribution in [-0.4, -0.2) is 58.5 Å². The Morgan fingerprint density at radius 2 is 1.76 bits per heavy atom. The summed E-state index contributed by atoms with van der Waals surface area (Å²) in [6.45, 7) is 5.96. The number of methoxy groups -OCH3 is 2. The molecule has 0 amide bonds. The predicted molar refractivity (Wildman–Crippen MR) is 105 cm³/mol. The molecule has 0 radical (unpaired) electrons. The molecule has 0 aromatic heterocycles. The largest absolute Gasteiger partial charge is 0.493 e. The van der Waals surface area contributed by atoms with Crippen molar-refractivity contribution in [1.82, 2.24) is 10.2 Å². The summed E-state index contributed by atoms with van der Waals surface area (Å²) in [5.74, 6) is 2.30. The van der Waals surface area contributed by atoms with Crippen LogP contribution >= 0.6 is 24.8 Å². The lowest BCUT2D eigenvalue weighted by molar-refractivity contribution is 0.0205. The van der Waals surface area contributed by atoms with Crippen LogP contribution in [0.2, 0.25) is 0 Å². The molecule has 0 aliphatic carbocycles. The van der Waals surface area contributed by atoms with Crippen LogP contribution in [0.25, 0.3) is 0 Å². The van der Waals surface area contributed by atoms with E-state index in [-0.39, 0.29) is 24.8 Å². The van der Waals surface area contributed by atoms with Crippen LogP contribution in [0.1, 0.15) is 24.4 Å². The minimum Gasteiger partial charge on any atom is -0.493 e. The molecule has 2 fully saturated rings. The molecular formula is C18H30Cl2N2O3. The van der Waals surface area contributed by atoms with Gasteiger partial charge in [-0.15, -0.1) is 24.8 Å². The van der Waals surface area contributed by atoms with E-state index in [1.165, 1.54) is 5.56 Å². The van der Waals surface area contributed by atoms with Crippen molar-refractivity contribution < 1.29 is 14.2 Å². The maximum atomic E-state index is 5.73. The smallest absolute Gasteiger partial charge is 0.165 e. The van der Waals surface area contributed by atoms with Crippen molar-refractivity contribution >= 4 is 24.8 Å². The first-order valence-electron chi connectivity index (χ1n) is 8.58. The number of hydrogen-bond acceptors (Lipinski definition) is 5. The summed E-state index contributed by atoms with van der Waals surface area (Å²) in [6, 6.07) is 6.61. The second-order valence-corrected chi connectivity index (χ2v) is 6.26. The van der Waals surface area contributed by atoms with E-state index in [2.05, 4.69) is 22.3 Å². The Hall–Kier alpha value is -0.720. The number of halogens is 2. The Morgan fingerprint density at radius 1 is 1.08 bits per heavy atom. The van der Waals surface area contributed by atoms with E-state index in [0.29, 0.717) is 12.0 Å². The Balaban J connectivity index is 0.00000156. The van der Waals surface area contributed by atoms with E-state index in [9.17, 15) is 0 Å². The fourth-order valence-electron chi connectivity index (χ4n) is 3.89. The van der Waals surface area contributed by atoms with Crippen LogP contribution < -0.4 is 14.8 Å². The molecule has 0 spiro atoms. The number of nitrogens with zero attached hydrogens (tertiary/aromatic N) is 1. The molecule has 0 unspecified atom stereocenters. The number of para-hydroxylation sites is 1. The van der Waals surface area contributed by atoms with Crippen molar-refractivity contribution in [3.63, 3.8) is 0 Å². The van der Waals surface area contributed by atoms with Gasteiger partial charge in [0.25, 0.3) is 0 Å². The summed E-state index contributed by atoms with van der Waals surface area (Å²) in [7, 11) is 3.44. The lowest BCUT2D eigenvalue weighted by Gasteiger charge is -2.41.